The summed E-state index contributed by atoms with van der Waals surface area (Å²) in [6.07, 6.45) is 0. The van der Waals surface area contributed by atoms with Crippen molar-refractivity contribution in [1.82, 2.24) is 9.13 Å². The van der Waals surface area contributed by atoms with Crippen LogP contribution >= 0.6 is 0 Å². The van der Waals surface area contributed by atoms with Gasteiger partial charge in [-0.15, -0.1) is 0 Å². The minimum atomic E-state index is -0.462. The SMILES string of the molecule is [2H]c1c([2H])c([2H])c2c(c1[2H])c1c([2H])c([2H])c([2H])c([2H])c1n2-c1ccc(-c2ccc(-n3c4ccccc4c4cc5c(cc43)oc3ccccc35)cc2)cc1. The van der Waals surface area contributed by atoms with E-state index < -0.39 is 24.2 Å². The highest BCUT2D eigenvalue weighted by Crippen LogP contribution is 2.39. The molecule has 0 N–H and O–H groups in total. The molecule has 3 heteroatoms. The van der Waals surface area contributed by atoms with E-state index in [0.29, 0.717) is 5.69 Å². The number of fused-ring (bicyclic) bond motifs is 9. The molecule has 0 bridgehead atoms. The number of hydrogen-bond donors (Lipinski definition) is 0. The van der Waals surface area contributed by atoms with Crippen molar-refractivity contribution in [3.05, 3.63) is 158 Å². The zero-order valence-electron chi connectivity index (χ0n) is 31.7. The Hall–Kier alpha value is -6.06. The summed E-state index contributed by atoms with van der Waals surface area (Å²) in [7, 11) is 0. The lowest BCUT2D eigenvalue weighted by atomic mass is 10.0. The Morgan fingerprint density at radius 2 is 0.956 bits per heavy atom. The average molecular weight is 583 g/mol. The summed E-state index contributed by atoms with van der Waals surface area (Å²) < 4.78 is 78.3. The first-order valence-corrected chi connectivity index (χ1v) is 14.7. The monoisotopic (exact) mass is 582 g/mol. The van der Waals surface area contributed by atoms with E-state index in [2.05, 4.69) is 65.2 Å². The fourth-order valence-corrected chi connectivity index (χ4v) is 6.75. The molecule has 10 aromatic rings. The van der Waals surface area contributed by atoms with E-state index in [1.807, 2.05) is 36.4 Å². The molecule has 0 spiro atoms. The molecular formula is C42H26N2O. The fourth-order valence-electron chi connectivity index (χ4n) is 6.75. The van der Waals surface area contributed by atoms with Gasteiger partial charge in [-0.05, 0) is 65.7 Å². The number of furan rings is 1. The Kier molecular flexibility index (Phi) is 3.67. The van der Waals surface area contributed by atoms with Crippen molar-refractivity contribution in [3.8, 4) is 22.5 Å². The maximum atomic E-state index is 8.78. The van der Waals surface area contributed by atoms with Crippen LogP contribution in [0.5, 0.6) is 0 Å². The Morgan fingerprint density at radius 3 is 1.62 bits per heavy atom. The van der Waals surface area contributed by atoms with Crippen molar-refractivity contribution < 1.29 is 15.4 Å². The Balaban J connectivity index is 1.10. The summed E-state index contributed by atoms with van der Waals surface area (Å²) in [5.41, 5.74) is 7.34. The predicted molar refractivity (Wildman–Crippen MR) is 188 cm³/mol. The molecule has 3 nitrogen and oxygen atoms in total. The maximum Gasteiger partial charge on any atom is 0.137 e. The predicted octanol–water partition coefficient (Wildman–Crippen LogP) is 11.4. The lowest BCUT2D eigenvalue weighted by Crippen LogP contribution is -1.94. The number of hydrogen-bond acceptors (Lipinski definition) is 1. The van der Waals surface area contributed by atoms with Crippen LogP contribution in [0.3, 0.4) is 0 Å². The maximum absolute atomic E-state index is 8.78. The standard InChI is InChI=1S/C42H26N2O/c1-5-13-37-31(9-1)32-10-2-6-14-38(32)43(37)29-21-17-27(18-22-29)28-19-23-30(24-20-28)44-39-15-7-3-11-33(39)35-25-36-34-12-4-8-16-41(34)45-42(36)26-40(35)44/h1-26H/i1D,2D,5D,6D,9D,10D,13D,14D. The molecule has 0 fully saturated rings. The van der Waals surface area contributed by atoms with Gasteiger partial charge in [0.05, 0.1) is 33.0 Å². The molecule has 45 heavy (non-hydrogen) atoms. The molecule has 0 aliphatic rings. The normalized spacial score (nSPS) is 14.5. The number of rotatable bonds is 3. The summed E-state index contributed by atoms with van der Waals surface area (Å²) >= 11 is 0. The third-order valence-corrected chi connectivity index (χ3v) is 8.79. The zero-order chi connectivity index (χ0) is 36.4. The van der Waals surface area contributed by atoms with E-state index >= 15 is 0 Å². The van der Waals surface area contributed by atoms with Crippen LogP contribution in [-0.4, -0.2) is 9.13 Å². The molecule has 3 aromatic heterocycles. The van der Waals surface area contributed by atoms with Gasteiger partial charge in [0.2, 0.25) is 0 Å². The van der Waals surface area contributed by atoms with Crippen LogP contribution in [0.15, 0.2) is 162 Å². The van der Waals surface area contributed by atoms with Crippen molar-refractivity contribution in [2.75, 3.05) is 0 Å². The smallest absolute Gasteiger partial charge is 0.137 e. The van der Waals surface area contributed by atoms with Crippen molar-refractivity contribution in [1.29, 1.82) is 0 Å². The second-order valence-electron chi connectivity index (χ2n) is 11.2. The Labute approximate surface area is 270 Å². The van der Waals surface area contributed by atoms with Gasteiger partial charge in [-0.25, -0.2) is 0 Å². The third kappa shape index (κ3) is 3.52. The van der Waals surface area contributed by atoms with Gasteiger partial charge in [-0.3, -0.25) is 0 Å². The number of aromatic nitrogens is 2. The molecule has 0 unspecified atom stereocenters. The summed E-state index contributed by atoms with van der Waals surface area (Å²) in [6, 6.07) is 33.3. The highest BCUT2D eigenvalue weighted by molar-refractivity contribution is 6.17. The van der Waals surface area contributed by atoms with E-state index in [0.717, 1.165) is 60.6 Å². The molecule has 0 saturated heterocycles. The summed E-state index contributed by atoms with van der Waals surface area (Å²) in [5, 5.41) is 4.57. The van der Waals surface area contributed by atoms with Crippen molar-refractivity contribution >= 4 is 65.6 Å². The molecule has 7 aromatic carbocycles. The zero-order valence-corrected chi connectivity index (χ0v) is 23.7. The lowest BCUT2D eigenvalue weighted by Gasteiger charge is -2.11. The van der Waals surface area contributed by atoms with E-state index in [9.17, 15) is 0 Å². The fraction of sp³-hybridized carbons (Fsp3) is 0. The van der Waals surface area contributed by atoms with Crippen LogP contribution in [0.25, 0.3) is 88.1 Å². The number of nitrogens with zero attached hydrogens (tertiary/aromatic N) is 2. The third-order valence-electron chi connectivity index (χ3n) is 8.79. The second-order valence-corrected chi connectivity index (χ2v) is 11.2. The van der Waals surface area contributed by atoms with E-state index in [-0.39, 0.29) is 46.0 Å². The Bertz CT molecular complexity index is 3120. The molecule has 0 aliphatic carbocycles. The van der Waals surface area contributed by atoms with E-state index in [1.165, 1.54) is 4.57 Å². The average Bonchev–Trinajstić information content (AvgIpc) is 3.85. The Morgan fingerprint density at radius 1 is 0.400 bits per heavy atom. The molecule has 0 aliphatic heterocycles. The molecule has 0 saturated carbocycles. The van der Waals surface area contributed by atoms with Gasteiger partial charge in [0.25, 0.3) is 0 Å². The molecule has 10 rings (SSSR count). The largest absolute Gasteiger partial charge is 0.456 e. The van der Waals surface area contributed by atoms with Crippen molar-refractivity contribution in [2.45, 2.75) is 0 Å². The van der Waals surface area contributed by atoms with Crippen LogP contribution in [0.4, 0.5) is 0 Å². The van der Waals surface area contributed by atoms with Crippen molar-refractivity contribution in [3.63, 3.8) is 0 Å². The molecule has 210 valence electrons. The first-order chi connectivity index (χ1) is 25.6. The van der Waals surface area contributed by atoms with Gasteiger partial charge in [-0.2, -0.15) is 0 Å². The molecular weight excluding hydrogens is 548 g/mol. The minimum absolute atomic E-state index is 0.0591. The minimum Gasteiger partial charge on any atom is -0.456 e. The number of benzene rings is 7. The highest BCUT2D eigenvalue weighted by Gasteiger charge is 2.16. The van der Waals surface area contributed by atoms with Gasteiger partial charge in [0, 0.05) is 49.8 Å². The molecule has 3 heterocycles. The van der Waals surface area contributed by atoms with E-state index in [4.69, 9.17) is 15.4 Å². The molecule has 0 amide bonds. The topological polar surface area (TPSA) is 23.0 Å². The van der Waals surface area contributed by atoms with Gasteiger partial charge in [-0.1, -0.05) is 96.9 Å². The summed E-state index contributed by atoms with van der Waals surface area (Å²) in [4.78, 5) is 0. The van der Waals surface area contributed by atoms with Gasteiger partial charge in [0.15, 0.2) is 0 Å². The van der Waals surface area contributed by atoms with Crippen LogP contribution in [0, 0.1) is 0 Å². The number of para-hydroxylation sites is 4. The van der Waals surface area contributed by atoms with E-state index in [1.54, 1.807) is 12.1 Å². The van der Waals surface area contributed by atoms with Gasteiger partial charge in [0.1, 0.15) is 11.2 Å². The van der Waals surface area contributed by atoms with Crippen LogP contribution in [-0.2, 0) is 0 Å². The highest BCUT2D eigenvalue weighted by atomic mass is 16.3. The quantitative estimate of drug-likeness (QED) is 0.203. The first kappa shape index (κ1) is 17.9. The van der Waals surface area contributed by atoms with Crippen LogP contribution in [0.1, 0.15) is 11.0 Å². The van der Waals surface area contributed by atoms with Crippen molar-refractivity contribution in [2.24, 2.45) is 0 Å². The van der Waals surface area contributed by atoms with Crippen LogP contribution < -0.4 is 0 Å². The second kappa shape index (κ2) is 9.22. The first-order valence-electron chi connectivity index (χ1n) is 18.7. The summed E-state index contributed by atoms with van der Waals surface area (Å²) in [6.45, 7) is 0. The molecule has 0 atom stereocenters. The lowest BCUT2D eigenvalue weighted by molar-refractivity contribution is 0.669. The van der Waals surface area contributed by atoms with Gasteiger partial charge >= 0.3 is 0 Å². The molecule has 0 radical (unpaired) electrons. The summed E-state index contributed by atoms with van der Waals surface area (Å²) in [5.74, 6) is 0. The van der Waals surface area contributed by atoms with Gasteiger partial charge < -0.3 is 13.6 Å². The van der Waals surface area contributed by atoms with Crippen LogP contribution in [0.2, 0.25) is 0 Å².